The smallest absolute Gasteiger partial charge is 0.356 e. The summed E-state index contributed by atoms with van der Waals surface area (Å²) in [6.45, 7) is 4.19. The second-order valence-corrected chi connectivity index (χ2v) is 7.85. The van der Waals surface area contributed by atoms with Crippen LogP contribution in [0.15, 0.2) is 30.5 Å². The number of hydrogen-bond donors (Lipinski definition) is 2. The SMILES string of the molecule is CCOC(=O)c1ccn2c(CN[C@H]3CCc4c3ccc(C(=O)O)c4C)cc(C(=O)OC)nc12. The highest BCUT2D eigenvalue weighted by atomic mass is 16.5. The minimum atomic E-state index is -0.925. The quantitative estimate of drug-likeness (QED) is 0.526. The first-order chi connectivity index (χ1) is 15.8. The molecule has 0 saturated heterocycles. The number of fused-ring (bicyclic) bond motifs is 2. The van der Waals surface area contributed by atoms with Crippen molar-refractivity contribution >= 4 is 23.6 Å². The van der Waals surface area contributed by atoms with Crippen molar-refractivity contribution in [1.29, 1.82) is 0 Å². The van der Waals surface area contributed by atoms with Crippen molar-refractivity contribution in [3.05, 3.63) is 69.7 Å². The van der Waals surface area contributed by atoms with Crippen molar-refractivity contribution in [3.63, 3.8) is 0 Å². The van der Waals surface area contributed by atoms with E-state index < -0.39 is 17.9 Å². The highest BCUT2D eigenvalue weighted by Gasteiger charge is 2.26. The van der Waals surface area contributed by atoms with Gasteiger partial charge >= 0.3 is 17.9 Å². The molecule has 1 aromatic carbocycles. The molecule has 0 saturated carbocycles. The van der Waals surface area contributed by atoms with Crippen LogP contribution >= 0.6 is 0 Å². The Morgan fingerprint density at radius 3 is 2.70 bits per heavy atom. The lowest BCUT2D eigenvalue weighted by molar-refractivity contribution is 0.0525. The van der Waals surface area contributed by atoms with E-state index in [2.05, 4.69) is 10.3 Å². The zero-order valence-corrected chi connectivity index (χ0v) is 18.7. The van der Waals surface area contributed by atoms with Gasteiger partial charge in [0.1, 0.15) is 5.56 Å². The molecule has 33 heavy (non-hydrogen) atoms. The number of carbonyl (C=O) groups is 3. The molecule has 172 valence electrons. The molecule has 1 atom stereocenters. The number of aromatic nitrogens is 2. The molecule has 0 bridgehead atoms. The molecule has 9 nitrogen and oxygen atoms in total. The summed E-state index contributed by atoms with van der Waals surface area (Å²) in [5.41, 5.74) is 4.68. The number of nitrogens with one attached hydrogen (secondary N) is 1. The van der Waals surface area contributed by atoms with Gasteiger partial charge in [-0.3, -0.25) is 0 Å². The number of esters is 2. The average Bonchev–Trinajstić information content (AvgIpc) is 3.41. The Kier molecular flexibility index (Phi) is 6.15. The van der Waals surface area contributed by atoms with Crippen molar-refractivity contribution < 1.29 is 29.0 Å². The molecule has 9 heteroatoms. The Bertz CT molecular complexity index is 1260. The van der Waals surface area contributed by atoms with Crippen LogP contribution in [0.1, 0.15) is 73.0 Å². The fraction of sp³-hybridized carbons (Fsp3) is 0.333. The number of carboxylic acids is 1. The van der Waals surface area contributed by atoms with E-state index in [0.717, 1.165) is 35.2 Å². The lowest BCUT2D eigenvalue weighted by atomic mass is 9.98. The largest absolute Gasteiger partial charge is 0.478 e. The molecule has 2 aromatic heterocycles. The summed E-state index contributed by atoms with van der Waals surface area (Å²) >= 11 is 0. The Morgan fingerprint density at radius 1 is 1.21 bits per heavy atom. The molecule has 4 rings (SSSR count). The first-order valence-electron chi connectivity index (χ1n) is 10.7. The van der Waals surface area contributed by atoms with E-state index in [-0.39, 0.29) is 23.9 Å². The van der Waals surface area contributed by atoms with Crippen molar-refractivity contribution in [1.82, 2.24) is 14.7 Å². The van der Waals surface area contributed by atoms with Crippen LogP contribution in [0.5, 0.6) is 0 Å². The van der Waals surface area contributed by atoms with Gasteiger partial charge in [-0.25, -0.2) is 19.4 Å². The van der Waals surface area contributed by atoms with Gasteiger partial charge in [0, 0.05) is 24.5 Å². The monoisotopic (exact) mass is 451 g/mol. The van der Waals surface area contributed by atoms with E-state index in [9.17, 15) is 19.5 Å². The van der Waals surface area contributed by atoms with Crippen LogP contribution < -0.4 is 5.32 Å². The molecular formula is C24H25N3O6. The van der Waals surface area contributed by atoms with Crippen molar-refractivity contribution in [2.24, 2.45) is 0 Å². The third-order valence-electron chi connectivity index (χ3n) is 6.04. The number of ether oxygens (including phenoxy) is 2. The maximum absolute atomic E-state index is 12.3. The van der Waals surface area contributed by atoms with Crippen molar-refractivity contribution in [3.8, 4) is 0 Å². The van der Waals surface area contributed by atoms with E-state index >= 15 is 0 Å². The Balaban J connectivity index is 1.66. The number of hydrogen-bond acceptors (Lipinski definition) is 7. The van der Waals surface area contributed by atoms with Gasteiger partial charge in [0.25, 0.3) is 0 Å². The second-order valence-electron chi connectivity index (χ2n) is 7.85. The van der Waals surface area contributed by atoms with Gasteiger partial charge in [-0.05, 0) is 61.6 Å². The summed E-state index contributed by atoms with van der Waals surface area (Å²) in [6, 6.07) is 6.80. The Labute approximate surface area is 190 Å². The third-order valence-corrected chi connectivity index (χ3v) is 6.04. The molecule has 1 aliphatic carbocycles. The molecule has 0 unspecified atom stereocenters. The molecule has 0 radical (unpaired) electrons. The van der Waals surface area contributed by atoms with Gasteiger partial charge in [0.2, 0.25) is 0 Å². The number of aromatic carboxylic acids is 1. The van der Waals surface area contributed by atoms with E-state index in [1.807, 2.05) is 13.0 Å². The molecule has 1 aliphatic rings. The summed E-state index contributed by atoms with van der Waals surface area (Å²) in [7, 11) is 1.28. The highest BCUT2D eigenvalue weighted by molar-refractivity contribution is 5.97. The summed E-state index contributed by atoms with van der Waals surface area (Å²) < 4.78 is 11.7. The number of methoxy groups -OCH3 is 1. The summed E-state index contributed by atoms with van der Waals surface area (Å²) in [4.78, 5) is 40.3. The van der Waals surface area contributed by atoms with Crippen LogP contribution in [0, 0.1) is 6.92 Å². The normalized spacial score (nSPS) is 14.8. The first kappa shape index (κ1) is 22.5. The van der Waals surface area contributed by atoms with Crippen LogP contribution in [-0.4, -0.2) is 46.1 Å². The maximum Gasteiger partial charge on any atom is 0.356 e. The lowest BCUT2D eigenvalue weighted by Crippen LogP contribution is -2.21. The van der Waals surface area contributed by atoms with E-state index in [4.69, 9.17) is 9.47 Å². The van der Waals surface area contributed by atoms with Crippen LogP contribution in [0.25, 0.3) is 5.65 Å². The zero-order chi connectivity index (χ0) is 23.7. The van der Waals surface area contributed by atoms with Crippen LogP contribution in [0.2, 0.25) is 0 Å². The van der Waals surface area contributed by atoms with Gasteiger partial charge in [0.05, 0.1) is 19.3 Å². The topological polar surface area (TPSA) is 119 Å². The van der Waals surface area contributed by atoms with Gasteiger partial charge in [-0.1, -0.05) is 6.07 Å². The van der Waals surface area contributed by atoms with Gasteiger partial charge in [-0.15, -0.1) is 0 Å². The van der Waals surface area contributed by atoms with Crippen molar-refractivity contribution in [2.45, 2.75) is 39.3 Å². The van der Waals surface area contributed by atoms with Crippen LogP contribution in [0.3, 0.4) is 0 Å². The molecule has 0 fully saturated rings. The summed E-state index contributed by atoms with van der Waals surface area (Å²) in [5, 5.41) is 12.9. The minimum Gasteiger partial charge on any atom is -0.478 e. The molecular weight excluding hydrogens is 426 g/mol. The van der Waals surface area contributed by atoms with E-state index in [1.54, 1.807) is 35.7 Å². The number of carboxylic acid groups (broad SMARTS) is 1. The Hall–Kier alpha value is -3.72. The zero-order valence-electron chi connectivity index (χ0n) is 18.7. The number of carbonyl (C=O) groups excluding carboxylic acids is 2. The molecule has 0 aliphatic heterocycles. The maximum atomic E-state index is 12.3. The molecule has 3 aromatic rings. The summed E-state index contributed by atoms with van der Waals surface area (Å²) in [6.07, 6.45) is 3.34. The predicted octanol–water partition coefficient (Wildman–Crippen LogP) is 3.08. The van der Waals surface area contributed by atoms with Gasteiger partial charge in [-0.2, -0.15) is 0 Å². The molecule has 2 N–H and O–H groups in total. The fourth-order valence-corrected chi connectivity index (χ4v) is 4.41. The van der Waals surface area contributed by atoms with Crippen LogP contribution in [0.4, 0.5) is 0 Å². The van der Waals surface area contributed by atoms with Gasteiger partial charge < -0.3 is 24.3 Å². The van der Waals surface area contributed by atoms with Crippen molar-refractivity contribution in [2.75, 3.05) is 13.7 Å². The lowest BCUT2D eigenvalue weighted by Gasteiger charge is -2.17. The second kappa shape index (κ2) is 9.03. The number of rotatable bonds is 7. The fourth-order valence-electron chi connectivity index (χ4n) is 4.41. The number of nitrogens with zero attached hydrogens (tertiary/aromatic N) is 2. The molecule has 2 heterocycles. The third kappa shape index (κ3) is 4.07. The van der Waals surface area contributed by atoms with Gasteiger partial charge in [0.15, 0.2) is 11.3 Å². The first-order valence-corrected chi connectivity index (χ1v) is 10.7. The standard InChI is InChI=1S/C24H25N3O6/c1-4-33-23(30)18-9-10-27-14(11-20(24(31)32-3)26-21(18)27)12-25-19-8-7-15-13(2)16(22(28)29)5-6-17(15)19/h5-6,9-11,19,25H,4,7-8,12H2,1-3H3,(H,28,29)/t19-/m0/s1. The average molecular weight is 451 g/mol. The van der Waals surface area contributed by atoms with Crippen LogP contribution in [-0.2, 0) is 22.4 Å². The molecule has 0 amide bonds. The van der Waals surface area contributed by atoms with E-state index in [1.165, 1.54) is 7.11 Å². The number of benzene rings is 1. The Morgan fingerprint density at radius 2 is 2.00 bits per heavy atom. The molecule has 0 spiro atoms. The highest BCUT2D eigenvalue weighted by Crippen LogP contribution is 2.35. The minimum absolute atomic E-state index is 0.0337. The summed E-state index contributed by atoms with van der Waals surface area (Å²) in [5.74, 6) is -2.04. The van der Waals surface area contributed by atoms with E-state index in [0.29, 0.717) is 17.8 Å². The predicted molar refractivity (Wildman–Crippen MR) is 119 cm³/mol.